The number of hydrogen-bond acceptors (Lipinski definition) is 4. The summed E-state index contributed by atoms with van der Waals surface area (Å²) in [7, 11) is 0. The lowest BCUT2D eigenvalue weighted by Crippen LogP contribution is -2.19. The zero-order valence-electron chi connectivity index (χ0n) is 11.8. The molecule has 0 atom stereocenters. The molecule has 0 aliphatic rings. The van der Waals surface area contributed by atoms with E-state index < -0.39 is 0 Å². The van der Waals surface area contributed by atoms with Crippen LogP contribution >= 0.6 is 11.3 Å². The lowest BCUT2D eigenvalue weighted by molar-refractivity contribution is 0.628. The normalized spacial score (nSPS) is 11.2. The fraction of sp³-hybridized carbons (Fsp3) is 0.267. The summed E-state index contributed by atoms with van der Waals surface area (Å²) in [5.74, 6) is 0.671. The quantitative estimate of drug-likeness (QED) is 0.787. The molecule has 0 aliphatic carbocycles. The van der Waals surface area contributed by atoms with Crippen molar-refractivity contribution in [2.24, 2.45) is 5.73 Å². The Hall–Kier alpha value is -1.92. The van der Waals surface area contributed by atoms with E-state index in [-0.39, 0.29) is 5.82 Å². The highest BCUT2D eigenvalue weighted by molar-refractivity contribution is 7.15. The summed E-state index contributed by atoms with van der Waals surface area (Å²) in [5.41, 5.74) is 7.77. The van der Waals surface area contributed by atoms with Crippen molar-refractivity contribution in [3.63, 3.8) is 0 Å². The Labute approximate surface area is 126 Å². The van der Waals surface area contributed by atoms with E-state index in [1.54, 1.807) is 23.5 Å². The summed E-state index contributed by atoms with van der Waals surface area (Å²) in [6.07, 6.45) is 2.77. The molecule has 0 bridgehead atoms. The Balaban J connectivity index is 2.09. The van der Waals surface area contributed by atoms with Crippen molar-refractivity contribution < 1.29 is 4.39 Å². The summed E-state index contributed by atoms with van der Waals surface area (Å²) in [5, 5.41) is 2.01. The van der Waals surface area contributed by atoms with E-state index in [9.17, 15) is 4.39 Å². The third-order valence-electron chi connectivity index (χ3n) is 3.43. The van der Waals surface area contributed by atoms with Crippen LogP contribution in [0.15, 0.2) is 35.8 Å². The minimum absolute atomic E-state index is 0.234. The van der Waals surface area contributed by atoms with Crippen LogP contribution in [0, 0.1) is 5.82 Å². The fourth-order valence-electron chi connectivity index (χ4n) is 2.48. The summed E-state index contributed by atoms with van der Waals surface area (Å²) >= 11 is 1.60. The maximum atomic E-state index is 13.1. The van der Waals surface area contributed by atoms with Gasteiger partial charge in [0.25, 0.3) is 0 Å². The smallest absolute Gasteiger partial charge is 0.195 e. The monoisotopic (exact) mass is 304 g/mol. The fourth-order valence-corrected chi connectivity index (χ4v) is 3.21. The van der Waals surface area contributed by atoms with Crippen LogP contribution < -0.4 is 10.6 Å². The van der Waals surface area contributed by atoms with Crippen molar-refractivity contribution in [2.45, 2.75) is 13.3 Å². The third kappa shape index (κ3) is 2.52. The summed E-state index contributed by atoms with van der Waals surface area (Å²) in [6, 6.07) is 6.50. The topological polar surface area (TPSA) is 46.6 Å². The summed E-state index contributed by atoms with van der Waals surface area (Å²) in [4.78, 5) is 7.76. The predicted molar refractivity (Wildman–Crippen MR) is 84.9 cm³/mol. The molecule has 0 radical (unpaired) electrons. The number of thiazole rings is 1. The molecule has 4 nitrogen and oxygen atoms in total. The number of anilines is 2. The molecule has 3 aromatic rings. The van der Waals surface area contributed by atoms with Crippen LogP contribution in [-0.2, 0) is 6.42 Å². The molecule has 2 heterocycles. The first-order valence-electron chi connectivity index (χ1n) is 6.92. The van der Waals surface area contributed by atoms with Gasteiger partial charge in [-0.3, -0.25) is 4.40 Å². The van der Waals surface area contributed by atoms with Gasteiger partial charge in [0.15, 0.2) is 10.8 Å². The Bertz CT molecular complexity index is 732. The molecule has 0 spiro atoms. The largest absolute Gasteiger partial charge is 0.330 e. The average molecular weight is 304 g/mol. The number of halogens is 1. The van der Waals surface area contributed by atoms with Gasteiger partial charge in [-0.15, -0.1) is 11.3 Å². The van der Waals surface area contributed by atoms with Crippen LogP contribution in [-0.4, -0.2) is 22.5 Å². The molecule has 3 rings (SSSR count). The minimum atomic E-state index is -0.234. The van der Waals surface area contributed by atoms with E-state index in [4.69, 9.17) is 10.7 Å². The molecule has 0 aliphatic heterocycles. The molecular formula is C15H17FN4S. The molecule has 6 heteroatoms. The highest BCUT2D eigenvalue weighted by atomic mass is 32.1. The van der Waals surface area contributed by atoms with Crippen molar-refractivity contribution in [1.29, 1.82) is 0 Å². The number of nitrogens with two attached hydrogens (primary N) is 1. The van der Waals surface area contributed by atoms with E-state index >= 15 is 0 Å². The Kier molecular flexibility index (Phi) is 3.90. The molecule has 21 heavy (non-hydrogen) atoms. The molecule has 0 saturated heterocycles. The van der Waals surface area contributed by atoms with Gasteiger partial charge in [-0.2, -0.15) is 0 Å². The van der Waals surface area contributed by atoms with Gasteiger partial charge in [-0.25, -0.2) is 9.37 Å². The van der Waals surface area contributed by atoms with Crippen molar-refractivity contribution in [3.05, 3.63) is 47.4 Å². The van der Waals surface area contributed by atoms with E-state index in [1.807, 2.05) is 11.6 Å². The molecule has 2 N–H and O–H groups in total. The maximum Gasteiger partial charge on any atom is 0.195 e. The van der Waals surface area contributed by atoms with Crippen LogP contribution in [0.4, 0.5) is 15.9 Å². The first-order chi connectivity index (χ1) is 10.2. The zero-order valence-corrected chi connectivity index (χ0v) is 12.6. The molecular weight excluding hydrogens is 287 g/mol. The van der Waals surface area contributed by atoms with Gasteiger partial charge in [-0.1, -0.05) is 0 Å². The van der Waals surface area contributed by atoms with Gasteiger partial charge in [-0.05, 0) is 37.7 Å². The molecule has 0 saturated carbocycles. The van der Waals surface area contributed by atoms with E-state index in [0.29, 0.717) is 6.54 Å². The molecule has 110 valence electrons. The molecule has 0 unspecified atom stereocenters. The van der Waals surface area contributed by atoms with Gasteiger partial charge < -0.3 is 10.6 Å². The second-order valence-corrected chi connectivity index (χ2v) is 5.57. The maximum absolute atomic E-state index is 13.1. The SMILES string of the molecule is CCN(c1ccc(F)cc1)c1nc2sccn2c1CCN. The van der Waals surface area contributed by atoms with Crippen molar-refractivity contribution in [3.8, 4) is 0 Å². The summed E-state index contributed by atoms with van der Waals surface area (Å²) < 4.78 is 15.2. The second kappa shape index (κ2) is 5.83. The number of rotatable bonds is 5. The molecule has 0 fully saturated rings. The second-order valence-electron chi connectivity index (χ2n) is 4.70. The lowest BCUT2D eigenvalue weighted by atomic mass is 10.2. The number of benzene rings is 1. The van der Waals surface area contributed by atoms with Crippen molar-refractivity contribution in [2.75, 3.05) is 18.0 Å². The van der Waals surface area contributed by atoms with Gasteiger partial charge in [0.05, 0.1) is 5.69 Å². The van der Waals surface area contributed by atoms with Gasteiger partial charge in [0.1, 0.15) is 5.82 Å². The van der Waals surface area contributed by atoms with Crippen LogP contribution in [0.25, 0.3) is 4.96 Å². The highest BCUT2D eigenvalue weighted by Gasteiger charge is 2.18. The van der Waals surface area contributed by atoms with Crippen molar-refractivity contribution >= 4 is 27.8 Å². The first-order valence-corrected chi connectivity index (χ1v) is 7.80. The minimum Gasteiger partial charge on any atom is -0.330 e. The third-order valence-corrected chi connectivity index (χ3v) is 4.19. The van der Waals surface area contributed by atoms with Crippen LogP contribution in [0.1, 0.15) is 12.6 Å². The summed E-state index contributed by atoms with van der Waals surface area (Å²) in [6.45, 7) is 3.38. The standard InChI is InChI=1S/C15H17FN4S/c1-2-19(12-5-3-11(16)4-6-12)14-13(7-8-17)20-9-10-21-15(20)18-14/h3-6,9-10H,2,7-8,17H2,1H3. The van der Waals surface area contributed by atoms with E-state index in [0.717, 1.165) is 35.1 Å². The van der Waals surface area contributed by atoms with Crippen molar-refractivity contribution in [1.82, 2.24) is 9.38 Å². The lowest BCUT2D eigenvalue weighted by Gasteiger charge is -2.22. The Morgan fingerprint density at radius 2 is 2.10 bits per heavy atom. The average Bonchev–Trinajstić information content (AvgIpc) is 3.05. The Morgan fingerprint density at radius 3 is 2.76 bits per heavy atom. The first kappa shape index (κ1) is 14.0. The van der Waals surface area contributed by atoms with E-state index in [2.05, 4.69) is 16.2 Å². The molecule has 1 aromatic carbocycles. The van der Waals surface area contributed by atoms with Crippen LogP contribution in [0.2, 0.25) is 0 Å². The molecule has 0 amide bonds. The predicted octanol–water partition coefficient (Wildman–Crippen LogP) is 3.19. The van der Waals surface area contributed by atoms with E-state index in [1.165, 1.54) is 12.1 Å². The number of imidazole rings is 1. The zero-order chi connectivity index (χ0) is 14.8. The number of aromatic nitrogens is 2. The van der Waals surface area contributed by atoms with Crippen LogP contribution in [0.5, 0.6) is 0 Å². The molecule has 2 aromatic heterocycles. The van der Waals surface area contributed by atoms with Crippen LogP contribution in [0.3, 0.4) is 0 Å². The number of hydrogen-bond donors (Lipinski definition) is 1. The number of fused-ring (bicyclic) bond motifs is 1. The van der Waals surface area contributed by atoms with Gasteiger partial charge >= 0.3 is 0 Å². The van der Waals surface area contributed by atoms with Gasteiger partial charge in [0.2, 0.25) is 0 Å². The highest BCUT2D eigenvalue weighted by Crippen LogP contribution is 2.30. The Morgan fingerprint density at radius 1 is 1.33 bits per heavy atom. The number of nitrogens with zero attached hydrogens (tertiary/aromatic N) is 3. The van der Waals surface area contributed by atoms with Gasteiger partial charge in [0, 0.05) is 30.2 Å².